The Hall–Kier alpha value is -2.67. The summed E-state index contributed by atoms with van der Waals surface area (Å²) in [5.41, 5.74) is 1.69. The third-order valence-electron chi connectivity index (χ3n) is 4.69. The summed E-state index contributed by atoms with van der Waals surface area (Å²) in [5.74, 6) is 0.796. The van der Waals surface area contributed by atoms with Crippen LogP contribution in [0, 0.1) is 5.92 Å². The maximum absolute atomic E-state index is 12.1. The lowest BCUT2D eigenvalue weighted by Crippen LogP contribution is -2.17. The first-order valence-corrected chi connectivity index (χ1v) is 9.93. The summed E-state index contributed by atoms with van der Waals surface area (Å²) in [6.45, 7) is 2.02. The zero-order valence-electron chi connectivity index (χ0n) is 15.8. The Morgan fingerprint density at radius 1 is 1.29 bits per heavy atom. The molecule has 0 saturated carbocycles. The van der Waals surface area contributed by atoms with Crippen LogP contribution in [0.15, 0.2) is 41.5 Å². The predicted octanol–water partition coefficient (Wildman–Crippen LogP) is 3.35. The van der Waals surface area contributed by atoms with Gasteiger partial charge in [-0.15, -0.1) is 11.6 Å². The zero-order chi connectivity index (χ0) is 19.9. The molecule has 3 rings (SSSR count). The van der Waals surface area contributed by atoms with E-state index in [4.69, 9.17) is 11.6 Å². The molecule has 0 fully saturated rings. The van der Waals surface area contributed by atoms with E-state index in [9.17, 15) is 9.59 Å². The van der Waals surface area contributed by atoms with Crippen molar-refractivity contribution in [1.82, 2.24) is 19.5 Å². The highest BCUT2D eigenvalue weighted by Crippen LogP contribution is 2.18. The van der Waals surface area contributed by atoms with Gasteiger partial charge in [0.2, 0.25) is 11.9 Å². The number of aromatic nitrogens is 4. The molecule has 148 valence electrons. The summed E-state index contributed by atoms with van der Waals surface area (Å²) < 4.78 is 1.84. The number of hydrogen-bond donors (Lipinski definition) is 2. The first-order valence-electron chi connectivity index (χ1n) is 9.39. The van der Waals surface area contributed by atoms with Gasteiger partial charge in [-0.05, 0) is 37.2 Å². The number of aryl methyl sites for hydroxylation is 2. The molecule has 2 heterocycles. The molecular weight excluding hydrogens is 378 g/mol. The van der Waals surface area contributed by atoms with E-state index in [2.05, 4.69) is 44.5 Å². The first kappa shape index (κ1) is 20.1. The van der Waals surface area contributed by atoms with Crippen molar-refractivity contribution in [3.63, 3.8) is 0 Å². The van der Waals surface area contributed by atoms with E-state index in [1.54, 1.807) is 6.33 Å². The third kappa shape index (κ3) is 5.19. The van der Waals surface area contributed by atoms with Gasteiger partial charge in [0.25, 0.3) is 5.56 Å². The number of aromatic amines is 1. The Morgan fingerprint density at radius 2 is 2.07 bits per heavy atom. The molecule has 1 unspecified atom stereocenters. The molecule has 7 nitrogen and oxygen atoms in total. The monoisotopic (exact) mass is 401 g/mol. The SMILES string of the molecule is CC(=O)Nc1nc2c(ncn2CCC(CCl)CCCc2ccccc2)c(=O)[nH]1. The maximum Gasteiger partial charge on any atom is 0.280 e. The highest BCUT2D eigenvalue weighted by atomic mass is 35.5. The van der Waals surface area contributed by atoms with Crippen LogP contribution in [0.3, 0.4) is 0 Å². The number of carbonyl (C=O) groups excluding carboxylic acids is 1. The van der Waals surface area contributed by atoms with Gasteiger partial charge in [0.05, 0.1) is 6.33 Å². The number of benzene rings is 1. The number of anilines is 1. The van der Waals surface area contributed by atoms with Crippen molar-refractivity contribution >= 4 is 34.6 Å². The number of rotatable bonds is 9. The summed E-state index contributed by atoms with van der Waals surface area (Å²) in [7, 11) is 0. The maximum atomic E-state index is 12.1. The lowest BCUT2D eigenvalue weighted by atomic mass is 9.98. The van der Waals surface area contributed by atoms with Gasteiger partial charge < -0.3 is 4.57 Å². The van der Waals surface area contributed by atoms with Gasteiger partial charge in [-0.25, -0.2) is 4.98 Å². The third-order valence-corrected chi connectivity index (χ3v) is 5.12. The van der Waals surface area contributed by atoms with E-state index in [0.29, 0.717) is 24.0 Å². The van der Waals surface area contributed by atoms with Crippen molar-refractivity contribution in [2.45, 2.75) is 39.2 Å². The van der Waals surface area contributed by atoms with Crippen LogP contribution in [0.25, 0.3) is 11.2 Å². The van der Waals surface area contributed by atoms with Crippen LogP contribution in [-0.2, 0) is 17.8 Å². The quantitative estimate of drug-likeness (QED) is 0.538. The summed E-state index contributed by atoms with van der Waals surface area (Å²) >= 11 is 6.17. The second-order valence-corrected chi connectivity index (χ2v) is 7.20. The molecule has 0 saturated heterocycles. The summed E-state index contributed by atoms with van der Waals surface area (Å²) in [5, 5.41) is 2.51. The van der Waals surface area contributed by atoms with Gasteiger partial charge in [-0.3, -0.25) is 19.9 Å². The largest absolute Gasteiger partial charge is 0.315 e. The summed E-state index contributed by atoms with van der Waals surface area (Å²) in [4.78, 5) is 34.3. The number of imidazole rings is 1. The van der Waals surface area contributed by atoms with Crippen molar-refractivity contribution in [3.05, 3.63) is 52.6 Å². The van der Waals surface area contributed by atoms with E-state index in [0.717, 1.165) is 25.7 Å². The van der Waals surface area contributed by atoms with Crippen molar-refractivity contribution in [1.29, 1.82) is 0 Å². The number of nitrogens with one attached hydrogen (secondary N) is 2. The van der Waals surface area contributed by atoms with Gasteiger partial charge in [-0.1, -0.05) is 30.3 Å². The molecule has 1 aromatic carbocycles. The Bertz CT molecular complexity index is 983. The van der Waals surface area contributed by atoms with Gasteiger partial charge >= 0.3 is 0 Å². The minimum absolute atomic E-state index is 0.128. The molecule has 1 amide bonds. The number of nitrogens with zero attached hydrogens (tertiary/aromatic N) is 3. The van der Waals surface area contributed by atoms with E-state index >= 15 is 0 Å². The first-order chi connectivity index (χ1) is 13.6. The second kappa shape index (κ2) is 9.50. The minimum Gasteiger partial charge on any atom is -0.315 e. The normalized spacial score (nSPS) is 12.2. The molecule has 1 atom stereocenters. The van der Waals surface area contributed by atoms with E-state index in [1.807, 2.05) is 10.6 Å². The molecule has 0 spiro atoms. The number of carbonyl (C=O) groups is 1. The number of alkyl halides is 1. The Kier molecular flexibility index (Phi) is 6.81. The van der Waals surface area contributed by atoms with Crippen molar-refractivity contribution in [2.75, 3.05) is 11.2 Å². The van der Waals surface area contributed by atoms with Crippen LogP contribution >= 0.6 is 11.6 Å². The zero-order valence-corrected chi connectivity index (χ0v) is 16.6. The molecule has 28 heavy (non-hydrogen) atoms. The fourth-order valence-corrected chi connectivity index (χ4v) is 3.51. The molecule has 0 bridgehead atoms. The van der Waals surface area contributed by atoms with Gasteiger partial charge in [0.1, 0.15) is 0 Å². The number of fused-ring (bicyclic) bond motifs is 1. The van der Waals surface area contributed by atoms with Crippen LogP contribution in [0.5, 0.6) is 0 Å². The minimum atomic E-state index is -0.371. The highest BCUT2D eigenvalue weighted by molar-refractivity contribution is 6.18. The van der Waals surface area contributed by atoms with Crippen LogP contribution in [0.4, 0.5) is 5.95 Å². The van der Waals surface area contributed by atoms with Crippen molar-refractivity contribution in [3.8, 4) is 0 Å². The molecule has 0 aliphatic rings. The van der Waals surface area contributed by atoms with Crippen molar-refractivity contribution < 1.29 is 4.79 Å². The number of hydrogen-bond acceptors (Lipinski definition) is 4. The average Bonchev–Trinajstić information content (AvgIpc) is 3.08. The fraction of sp³-hybridized carbons (Fsp3) is 0.400. The molecule has 0 radical (unpaired) electrons. The van der Waals surface area contributed by atoms with Gasteiger partial charge in [0.15, 0.2) is 11.2 Å². The van der Waals surface area contributed by atoms with Crippen LogP contribution in [0.2, 0.25) is 0 Å². The van der Waals surface area contributed by atoms with E-state index < -0.39 is 0 Å². The number of H-pyrrole nitrogens is 1. The summed E-state index contributed by atoms with van der Waals surface area (Å²) in [6.07, 6.45) is 5.64. The topological polar surface area (TPSA) is 92.7 Å². The van der Waals surface area contributed by atoms with E-state index in [1.165, 1.54) is 12.5 Å². The lowest BCUT2D eigenvalue weighted by molar-refractivity contribution is -0.114. The number of halogens is 1. The predicted molar refractivity (Wildman–Crippen MR) is 111 cm³/mol. The number of amides is 1. The standard InChI is InChI=1S/C20H24ClN5O2/c1-14(27)23-20-24-18-17(19(28)25-20)22-13-26(18)11-10-16(12-21)9-5-8-15-6-3-2-4-7-15/h2-4,6-7,13,16H,5,8-12H2,1H3,(H2,23,24,25,27,28). The molecule has 8 heteroatoms. The highest BCUT2D eigenvalue weighted by Gasteiger charge is 2.13. The summed E-state index contributed by atoms with van der Waals surface area (Å²) in [6, 6.07) is 10.4. The molecule has 0 aliphatic heterocycles. The van der Waals surface area contributed by atoms with E-state index in [-0.39, 0.29) is 22.9 Å². The fourth-order valence-electron chi connectivity index (χ4n) is 3.20. The van der Waals surface area contributed by atoms with Crippen LogP contribution in [0.1, 0.15) is 31.7 Å². The van der Waals surface area contributed by atoms with Crippen LogP contribution < -0.4 is 10.9 Å². The molecule has 2 aromatic heterocycles. The van der Waals surface area contributed by atoms with Crippen LogP contribution in [-0.4, -0.2) is 31.3 Å². The Balaban J connectivity index is 1.62. The van der Waals surface area contributed by atoms with Crippen molar-refractivity contribution in [2.24, 2.45) is 5.92 Å². The second-order valence-electron chi connectivity index (χ2n) is 6.89. The van der Waals surface area contributed by atoms with Gasteiger partial charge in [0, 0.05) is 19.3 Å². The average molecular weight is 402 g/mol. The Labute approximate surface area is 168 Å². The lowest BCUT2D eigenvalue weighted by Gasteiger charge is -2.14. The van der Waals surface area contributed by atoms with Gasteiger partial charge in [-0.2, -0.15) is 4.98 Å². The Morgan fingerprint density at radius 3 is 2.79 bits per heavy atom. The molecular formula is C20H24ClN5O2. The molecule has 2 N–H and O–H groups in total. The molecule has 0 aliphatic carbocycles. The smallest absolute Gasteiger partial charge is 0.280 e. The molecule has 3 aromatic rings.